The average molecular weight is 2010 g/mol. The number of aromatic nitrogens is 2. The van der Waals surface area contributed by atoms with E-state index in [0.29, 0.717) is 35.6 Å². The van der Waals surface area contributed by atoms with E-state index in [-0.39, 0.29) is 63.7 Å². The number of halogens is 2. The van der Waals surface area contributed by atoms with Gasteiger partial charge in [0.05, 0.1) is 85.0 Å². The molecule has 0 unspecified atom stereocenters. The first kappa shape index (κ1) is 120. The molecule has 0 amide bonds. The maximum absolute atomic E-state index is 13.2. The van der Waals surface area contributed by atoms with Gasteiger partial charge in [0.25, 0.3) is 0 Å². The van der Waals surface area contributed by atoms with Gasteiger partial charge in [-0.3, -0.25) is 28.8 Å². The molecule has 14 rings (SSSR count). The van der Waals surface area contributed by atoms with Crippen molar-refractivity contribution in [2.75, 3.05) is 91.8 Å². The van der Waals surface area contributed by atoms with Crippen LogP contribution in [0.15, 0.2) is 116 Å². The Morgan fingerprint density at radius 2 is 0.964 bits per heavy atom. The van der Waals surface area contributed by atoms with Crippen LogP contribution < -0.4 is 58.3 Å². The van der Waals surface area contributed by atoms with E-state index >= 15 is 0 Å². The molecule has 2 spiro atoms. The molecule has 0 atom stereocenters. The van der Waals surface area contributed by atoms with Crippen molar-refractivity contribution in [1.29, 1.82) is 0 Å². The molecule has 1 aromatic heterocycles. The van der Waals surface area contributed by atoms with Crippen molar-refractivity contribution in [3.8, 4) is 34.5 Å². The minimum atomic E-state index is -0.865. The summed E-state index contributed by atoms with van der Waals surface area (Å²) in [5.41, 5.74) is 33.2. The zero-order chi connectivity index (χ0) is 101. The first-order valence-electron chi connectivity index (χ1n) is 46.9. The molecule has 137 heavy (non-hydrogen) atoms. The van der Waals surface area contributed by atoms with Gasteiger partial charge in [0.15, 0.2) is 5.78 Å². The van der Waals surface area contributed by atoms with E-state index in [1.54, 1.807) is 87.5 Å². The molecule has 5 N–H and O–H groups in total. The molecule has 1 aliphatic heterocycles. The van der Waals surface area contributed by atoms with E-state index in [2.05, 4.69) is 122 Å². The van der Waals surface area contributed by atoms with Crippen molar-refractivity contribution in [2.45, 2.75) is 297 Å². The van der Waals surface area contributed by atoms with Gasteiger partial charge >= 0.3 is 43.0 Å². The second kappa shape index (κ2) is 53.6. The summed E-state index contributed by atoms with van der Waals surface area (Å²) in [6.07, 6.45) is 23.5. The maximum Gasteiger partial charge on any atom is 1.00 e. The van der Waals surface area contributed by atoms with E-state index in [1.165, 1.54) is 125 Å². The third-order valence-electron chi connectivity index (χ3n) is 27.3. The Morgan fingerprint density at radius 3 is 1.40 bits per heavy atom. The number of aryl methyl sites for hydroxylation is 7. The van der Waals surface area contributed by atoms with E-state index in [0.717, 1.165) is 163 Å². The number of hydrogen-bond acceptors (Lipinski definition) is 20. The number of benzene rings is 7. The fourth-order valence-corrected chi connectivity index (χ4v) is 20.8. The molecule has 23 nitrogen and oxygen atoms in total. The third-order valence-corrected chi connectivity index (χ3v) is 28.4. The van der Waals surface area contributed by atoms with Gasteiger partial charge in [-0.15, -0.1) is 0 Å². The fourth-order valence-electron chi connectivity index (χ4n) is 20.0. The van der Waals surface area contributed by atoms with Gasteiger partial charge in [-0.2, -0.15) is 4.79 Å². The van der Waals surface area contributed by atoms with Crippen molar-refractivity contribution < 1.29 is 106 Å². The minimum absolute atomic E-state index is 0. The summed E-state index contributed by atoms with van der Waals surface area (Å²) in [4.78, 5) is 81.9. The van der Waals surface area contributed by atoms with Crippen molar-refractivity contribution in [3.05, 3.63) is 221 Å². The Kier molecular flexibility index (Phi) is 46.8. The van der Waals surface area contributed by atoms with Crippen LogP contribution in [0, 0.1) is 55.4 Å². The SMILES string of the molecule is BrCCCCCBr.C1CCOC1.COC(=O)C(C)(C)c1ccc(OC)cc1C.COC(=O)Cc1ccc(OC)cc1C.COc1cc(C)c2c(c1)C1(CCCCC1)C(=O)C2(C)C.COc1cc(C)c2c(c1)CC(=O)C2(C)C.COc1ccc(C(C)(C)C(=O)C=[N+]=[N-])c(C)c1.COc1ccc(C(C)(C)C(=O)O)c(C)c1.Cc1cc(Nc2ncnc(N)c2C)cc2c1C(C)(C)CC21CCCCC1.[Li+].[OH-]. The molecule has 2 saturated carbocycles. The van der Waals surface area contributed by atoms with Gasteiger partial charge in [-0.25, -0.2) is 9.97 Å². The van der Waals surface area contributed by atoms with Crippen LogP contribution in [-0.4, -0.2) is 148 Å². The molecule has 744 valence electrons. The van der Waals surface area contributed by atoms with Crippen molar-refractivity contribution in [1.82, 2.24) is 9.97 Å². The van der Waals surface area contributed by atoms with Crippen LogP contribution in [0.5, 0.6) is 34.5 Å². The number of carbonyl (C=O) groups excluding carboxylic acids is 5. The summed E-state index contributed by atoms with van der Waals surface area (Å²) in [6, 6.07) is 35.1. The third kappa shape index (κ3) is 30.2. The molecule has 0 radical (unpaired) electrons. The number of carbonyl (C=O) groups is 6. The number of unbranched alkanes of at least 4 members (excludes halogenated alkanes) is 2. The van der Waals surface area contributed by atoms with Crippen molar-refractivity contribution in [2.24, 2.45) is 0 Å². The first-order chi connectivity index (χ1) is 63.5. The number of Topliss-reactive ketones (excluding diaryl/α,β-unsaturated/α-hetero) is 3. The fraction of sp³-hybridized carbons (Fsp3) is 0.523. The number of hydrogen-bond donors (Lipinski definition) is 3. The smallest absolute Gasteiger partial charge is 0.870 e. The number of nitrogens with one attached hydrogen (secondary N) is 1. The minimum Gasteiger partial charge on any atom is -0.870 e. The van der Waals surface area contributed by atoms with Crippen LogP contribution in [0.3, 0.4) is 0 Å². The van der Waals surface area contributed by atoms with E-state index < -0.39 is 22.2 Å². The molecule has 3 fully saturated rings. The number of esters is 2. The van der Waals surface area contributed by atoms with Crippen molar-refractivity contribution in [3.63, 3.8) is 0 Å². The largest absolute Gasteiger partial charge is 1.00 e. The molecule has 7 aromatic carbocycles. The number of ketones is 3. The Labute approximate surface area is 845 Å². The van der Waals surface area contributed by atoms with Crippen LogP contribution in [-0.2, 0) is 99.1 Å². The van der Waals surface area contributed by atoms with Gasteiger partial charge in [0.2, 0.25) is 5.78 Å². The normalized spacial score (nSPS) is 15.3. The van der Waals surface area contributed by atoms with E-state index in [4.69, 9.17) is 54.3 Å². The van der Waals surface area contributed by atoms with Gasteiger partial charge in [0, 0.05) is 52.4 Å². The number of carboxylic acid groups (broad SMARTS) is 1. The first-order valence-corrected chi connectivity index (χ1v) is 49.2. The summed E-state index contributed by atoms with van der Waals surface area (Å²) in [6.45, 7) is 41.8. The number of aliphatic carboxylic acids is 1. The Hall–Kier alpha value is -9.70. The summed E-state index contributed by atoms with van der Waals surface area (Å²) < 4.78 is 45.4. The summed E-state index contributed by atoms with van der Waals surface area (Å²) in [5.74, 6) is 5.36. The number of carboxylic acids is 1. The number of nitrogens with two attached hydrogens (primary N) is 1. The molecule has 8 aromatic rings. The Balaban J connectivity index is 0.000000329. The monoisotopic (exact) mass is 2010 g/mol. The summed E-state index contributed by atoms with van der Waals surface area (Å²) >= 11 is 6.73. The molecular weight excluding hydrogens is 1860 g/mol. The topological polar surface area (TPSA) is 336 Å². The number of fused-ring (bicyclic) bond motifs is 5. The second-order valence-electron chi connectivity index (χ2n) is 39.3. The number of rotatable bonds is 21. The second-order valence-corrected chi connectivity index (χ2v) is 40.9. The van der Waals surface area contributed by atoms with Crippen molar-refractivity contribution >= 4 is 90.7 Å². The van der Waals surface area contributed by atoms with E-state index in [9.17, 15) is 28.8 Å². The number of methoxy groups -OCH3 is 8. The van der Waals surface area contributed by atoms with Crippen LogP contribution >= 0.6 is 31.9 Å². The zero-order valence-corrected chi connectivity index (χ0v) is 90.4. The van der Waals surface area contributed by atoms with Crippen LogP contribution in [0.4, 0.5) is 17.3 Å². The average Bonchev–Trinajstić information content (AvgIpc) is 1.56. The molecular formula is C111H153Br2LiN6O17. The number of anilines is 3. The molecule has 6 aliphatic rings. The van der Waals surface area contributed by atoms with Gasteiger partial charge in [-0.05, 0) is 373 Å². The predicted molar refractivity (Wildman–Crippen MR) is 552 cm³/mol. The van der Waals surface area contributed by atoms with Gasteiger partial charge in [0.1, 0.15) is 58.2 Å². The van der Waals surface area contributed by atoms with Gasteiger partial charge in [-0.1, -0.05) is 115 Å². The van der Waals surface area contributed by atoms with Crippen LogP contribution in [0.2, 0.25) is 0 Å². The Bertz CT molecular complexity index is 5430. The van der Waals surface area contributed by atoms with E-state index in [1.807, 2.05) is 148 Å². The maximum atomic E-state index is 13.2. The van der Waals surface area contributed by atoms with Crippen LogP contribution in [0.1, 0.15) is 286 Å². The number of alkyl halides is 2. The molecule has 5 aliphatic carbocycles. The molecule has 2 heterocycles. The summed E-state index contributed by atoms with van der Waals surface area (Å²) in [7, 11) is 12.6. The molecule has 26 heteroatoms. The zero-order valence-electron chi connectivity index (χ0n) is 87.2. The quantitative estimate of drug-likeness (QED) is 0.0114. The van der Waals surface area contributed by atoms with Gasteiger partial charge < -0.3 is 69.8 Å². The predicted octanol–water partition coefficient (Wildman–Crippen LogP) is 21.0. The standard InChI is InChI=1S/C22H30N4.C18H24O2.C13H16N2O2.C13H18O3.C13H16O2.C12H16O3.C11H14O3.C5H10Br2.C4H8O.Li.H2O/c1-14-10-16(26-20-15(2)19(23)24-13-25-20)11-17-18(14)21(3,4)12-22(17)8-6-5-7-9-22;1-12-10-13(20-4)11-14-15(12)17(2,3)16(19)18(14)8-6-5-7-9-18;1-9-7-10(17-4)5-6-11(9)13(2,3)12(16)8-15-14;1-9-8-10(15-4)6-7-11(9)13(2,3)12(14)16-5;1-8-5-10(15-4)6-9-7-11(14)13(2,3)12(8)9;1-8-7-9(15-4)5-6-10(8)12(2,3)11(13)14;1-8-6-10(13-2)5-4-9(8)7-11(12)14-3;6-4-2-1-3-5-7;1-2-4-5-3-1;;/h10-11,13H,5-9,12H2,1-4H3,(H3,23,24,25,26);10-11H,5-9H2,1-4H3;5-8H,1-4H3;6-8H,1-5H3;5-6H,7H2,1-4H3;5-7H,1-4H3,(H,13,14);4-6H,7H2,1-3H3;1-5H2;1-4H2;;1H2/q;;;;;;;;;+1;/p-1. The number of nitrogen functional groups attached to an aromatic ring is 1. The Morgan fingerprint density at radius 1 is 0.518 bits per heavy atom. The molecule has 0 bridgehead atoms. The molecule has 1 saturated heterocycles. The van der Waals surface area contributed by atoms with Crippen LogP contribution in [0.25, 0.3) is 5.53 Å². The summed E-state index contributed by atoms with van der Waals surface area (Å²) in [5, 5.41) is 14.9. The number of nitrogens with zero attached hydrogens (tertiary/aromatic N) is 4. The number of ether oxygens (including phenoxy) is 9.